The Balaban J connectivity index is 0.000000705. The Bertz CT molecular complexity index is 684. The van der Waals surface area contributed by atoms with Crippen molar-refractivity contribution in [1.29, 1.82) is 0 Å². The van der Waals surface area contributed by atoms with Gasteiger partial charge in [0.15, 0.2) is 0 Å². The summed E-state index contributed by atoms with van der Waals surface area (Å²) in [6.45, 7) is 0. The molecule has 0 aliphatic heterocycles. The van der Waals surface area contributed by atoms with Gasteiger partial charge in [-0.15, -0.1) is 0 Å². The van der Waals surface area contributed by atoms with E-state index >= 15 is 0 Å². The van der Waals surface area contributed by atoms with Crippen molar-refractivity contribution in [2.24, 2.45) is 0 Å². The molecule has 0 saturated heterocycles. The van der Waals surface area contributed by atoms with Gasteiger partial charge in [0.2, 0.25) is 0 Å². The van der Waals surface area contributed by atoms with Crippen molar-refractivity contribution in [3.05, 3.63) is 75.3 Å². The first-order chi connectivity index (χ1) is 11.5. The summed E-state index contributed by atoms with van der Waals surface area (Å²) in [4.78, 5) is 12.0. The van der Waals surface area contributed by atoms with Crippen LogP contribution in [0.1, 0.15) is 22.5 Å². The molecule has 0 aliphatic rings. The molecule has 0 aromatic heterocycles. The zero-order chi connectivity index (χ0) is 19.2. The van der Waals surface area contributed by atoms with Crippen molar-refractivity contribution in [3.63, 3.8) is 0 Å². The molecule has 0 N–H and O–H groups in total. The minimum atomic E-state index is -4.39. The fourth-order valence-corrected chi connectivity index (χ4v) is 1.88. The highest BCUT2D eigenvalue weighted by atomic mass is 19.4. The lowest BCUT2D eigenvalue weighted by Gasteiger charge is -2.14. The summed E-state index contributed by atoms with van der Waals surface area (Å²) in [6, 6.07) is 10.1. The van der Waals surface area contributed by atoms with Gasteiger partial charge in [0, 0.05) is 12.1 Å². The third-order valence-corrected chi connectivity index (χ3v) is 3.06. The van der Waals surface area contributed by atoms with E-state index in [-0.39, 0.29) is 5.69 Å². The van der Waals surface area contributed by atoms with Crippen molar-refractivity contribution in [3.8, 4) is 0 Å². The first-order valence-electron chi connectivity index (χ1n) is 7.30. The fourth-order valence-electron chi connectivity index (χ4n) is 1.88. The molecule has 1 atom stereocenters. The van der Waals surface area contributed by atoms with Crippen LogP contribution in [-0.4, -0.2) is 38.8 Å². The SMILES string of the molecule is CN(C)C.[B]C(c1ccc([N+](=O)[O-])cc1)c1ccc(C(F)(F)F)cc1. The molecule has 8 heteroatoms. The van der Waals surface area contributed by atoms with Gasteiger partial charge < -0.3 is 4.90 Å². The molecule has 4 nitrogen and oxygen atoms in total. The van der Waals surface area contributed by atoms with Gasteiger partial charge in [-0.1, -0.05) is 24.3 Å². The van der Waals surface area contributed by atoms with Crippen molar-refractivity contribution in [1.82, 2.24) is 4.90 Å². The van der Waals surface area contributed by atoms with E-state index in [9.17, 15) is 23.3 Å². The number of non-ortho nitro benzene ring substituents is 1. The van der Waals surface area contributed by atoms with Crippen LogP contribution in [0.2, 0.25) is 0 Å². The lowest BCUT2D eigenvalue weighted by atomic mass is 9.76. The molecule has 2 radical (unpaired) electrons. The van der Waals surface area contributed by atoms with Gasteiger partial charge in [0.25, 0.3) is 5.69 Å². The van der Waals surface area contributed by atoms with Crippen LogP contribution in [0.4, 0.5) is 18.9 Å². The van der Waals surface area contributed by atoms with Crippen LogP contribution in [-0.2, 0) is 6.18 Å². The maximum Gasteiger partial charge on any atom is 0.416 e. The molecule has 2 rings (SSSR count). The Morgan fingerprint density at radius 2 is 1.32 bits per heavy atom. The molecule has 2 aromatic rings. The third kappa shape index (κ3) is 6.58. The molecule has 0 saturated carbocycles. The zero-order valence-electron chi connectivity index (χ0n) is 14.1. The third-order valence-electron chi connectivity index (χ3n) is 3.06. The Labute approximate surface area is 145 Å². The van der Waals surface area contributed by atoms with Crippen LogP contribution < -0.4 is 0 Å². The summed E-state index contributed by atoms with van der Waals surface area (Å²) in [5.41, 5.74) is 0.262. The molecule has 2 aromatic carbocycles. The van der Waals surface area contributed by atoms with Gasteiger partial charge >= 0.3 is 6.18 Å². The highest BCUT2D eigenvalue weighted by Gasteiger charge is 2.30. The molecule has 1 unspecified atom stereocenters. The quantitative estimate of drug-likeness (QED) is 0.477. The minimum absolute atomic E-state index is 0.0710. The van der Waals surface area contributed by atoms with Crippen LogP contribution in [0.5, 0.6) is 0 Å². The Hall–Kier alpha value is -2.35. The topological polar surface area (TPSA) is 46.4 Å². The van der Waals surface area contributed by atoms with Gasteiger partial charge in [-0.3, -0.25) is 10.1 Å². The molecular formula is C17H18BF3N2O2. The van der Waals surface area contributed by atoms with Crippen molar-refractivity contribution >= 4 is 13.5 Å². The van der Waals surface area contributed by atoms with Crippen LogP contribution >= 0.6 is 0 Å². The van der Waals surface area contributed by atoms with Crippen LogP contribution in [0.15, 0.2) is 48.5 Å². The van der Waals surface area contributed by atoms with E-state index in [1.165, 1.54) is 36.4 Å². The van der Waals surface area contributed by atoms with Gasteiger partial charge in [-0.25, -0.2) is 0 Å². The average Bonchev–Trinajstić information content (AvgIpc) is 2.53. The summed E-state index contributed by atoms with van der Waals surface area (Å²) in [6.07, 6.45) is -4.39. The van der Waals surface area contributed by atoms with Crippen LogP contribution in [0.3, 0.4) is 0 Å². The summed E-state index contributed by atoms with van der Waals surface area (Å²) in [7, 11) is 12.0. The van der Waals surface area contributed by atoms with E-state index in [1.807, 2.05) is 26.0 Å². The largest absolute Gasteiger partial charge is 0.416 e. The van der Waals surface area contributed by atoms with Crippen LogP contribution in [0, 0.1) is 10.1 Å². The van der Waals surface area contributed by atoms with Crippen molar-refractivity contribution < 1.29 is 18.1 Å². The highest BCUT2D eigenvalue weighted by Crippen LogP contribution is 2.31. The second-order valence-corrected chi connectivity index (χ2v) is 5.79. The predicted molar refractivity (Wildman–Crippen MR) is 91.7 cm³/mol. The summed E-state index contributed by atoms with van der Waals surface area (Å²) >= 11 is 0. The summed E-state index contributed by atoms with van der Waals surface area (Å²) in [5.74, 6) is -0.645. The average molecular weight is 350 g/mol. The number of nitro groups is 1. The Morgan fingerprint density at radius 3 is 1.64 bits per heavy atom. The second-order valence-electron chi connectivity index (χ2n) is 5.79. The van der Waals surface area contributed by atoms with E-state index < -0.39 is 22.5 Å². The lowest BCUT2D eigenvalue weighted by molar-refractivity contribution is -0.384. The number of benzene rings is 2. The van der Waals surface area contributed by atoms with Crippen molar-refractivity contribution in [2.45, 2.75) is 12.0 Å². The Kier molecular flexibility index (Phi) is 7.17. The molecule has 0 amide bonds. The number of nitrogens with zero attached hydrogens (tertiary/aromatic N) is 2. The van der Waals surface area contributed by atoms with Gasteiger partial charge in [-0.2, -0.15) is 13.2 Å². The number of halogens is 3. The molecule has 0 aliphatic carbocycles. The standard InChI is InChI=1S/C14H9BF3NO2.C3H9N/c15-13(10-3-7-12(8-4-10)19(20)21)9-1-5-11(6-2-9)14(16,17)18;1-4(2)3/h1-8,13H;1-3H3. The molecule has 0 heterocycles. The van der Waals surface area contributed by atoms with E-state index in [0.717, 1.165) is 12.1 Å². The number of alkyl halides is 3. The van der Waals surface area contributed by atoms with Gasteiger partial charge in [0.05, 0.1) is 18.3 Å². The Morgan fingerprint density at radius 1 is 0.960 bits per heavy atom. The van der Waals surface area contributed by atoms with Gasteiger partial charge in [-0.05, 0) is 50.2 Å². The number of rotatable bonds is 3. The summed E-state index contributed by atoms with van der Waals surface area (Å²) in [5, 5.41) is 10.6. The minimum Gasteiger partial charge on any atom is -0.312 e. The predicted octanol–water partition coefficient (Wildman–Crippen LogP) is 4.05. The normalized spacial score (nSPS) is 12.3. The zero-order valence-corrected chi connectivity index (χ0v) is 14.1. The second kappa shape index (κ2) is 8.66. The van der Waals surface area contributed by atoms with Crippen LogP contribution in [0.25, 0.3) is 0 Å². The molecule has 25 heavy (non-hydrogen) atoms. The molecular weight excluding hydrogens is 332 g/mol. The first-order valence-corrected chi connectivity index (χ1v) is 7.30. The monoisotopic (exact) mass is 350 g/mol. The smallest absolute Gasteiger partial charge is 0.312 e. The maximum absolute atomic E-state index is 12.5. The lowest BCUT2D eigenvalue weighted by Crippen LogP contribution is -2.06. The van der Waals surface area contributed by atoms with E-state index in [1.54, 1.807) is 0 Å². The van der Waals surface area contributed by atoms with E-state index in [4.69, 9.17) is 7.85 Å². The molecule has 0 spiro atoms. The highest BCUT2D eigenvalue weighted by molar-refractivity contribution is 6.14. The number of nitro benzene ring substituents is 1. The fraction of sp³-hybridized carbons (Fsp3) is 0.294. The number of hydrogen-bond acceptors (Lipinski definition) is 3. The summed E-state index contributed by atoms with van der Waals surface area (Å²) < 4.78 is 37.4. The van der Waals surface area contributed by atoms with Gasteiger partial charge in [0.1, 0.15) is 0 Å². The molecule has 0 fully saturated rings. The molecule has 0 bridgehead atoms. The van der Waals surface area contributed by atoms with E-state index in [2.05, 4.69) is 0 Å². The van der Waals surface area contributed by atoms with E-state index in [0.29, 0.717) is 11.1 Å². The number of hydrogen-bond donors (Lipinski definition) is 0. The maximum atomic E-state index is 12.5. The van der Waals surface area contributed by atoms with Crippen molar-refractivity contribution in [2.75, 3.05) is 21.1 Å². The first kappa shape index (κ1) is 20.7. The molecule has 132 valence electrons.